The fourth-order valence-corrected chi connectivity index (χ4v) is 4.36. The molecule has 2 aliphatic rings. The van der Waals surface area contributed by atoms with Gasteiger partial charge in [0.15, 0.2) is 0 Å². The van der Waals surface area contributed by atoms with Crippen LogP contribution in [0.3, 0.4) is 0 Å². The van der Waals surface area contributed by atoms with Gasteiger partial charge in [-0.15, -0.1) is 12.4 Å². The summed E-state index contributed by atoms with van der Waals surface area (Å²) in [4.78, 5) is 15.5. The van der Waals surface area contributed by atoms with Gasteiger partial charge in [-0.3, -0.25) is 4.79 Å². The van der Waals surface area contributed by atoms with E-state index in [4.69, 9.17) is 22.1 Å². The molecule has 6 heteroatoms. The van der Waals surface area contributed by atoms with Crippen LogP contribution in [0, 0.1) is 0 Å². The Bertz CT molecular complexity index is 566. The van der Waals surface area contributed by atoms with E-state index >= 15 is 0 Å². The summed E-state index contributed by atoms with van der Waals surface area (Å²) in [5.41, 5.74) is 6.29. The molecule has 2 fully saturated rings. The van der Waals surface area contributed by atoms with Crippen LogP contribution in [0.1, 0.15) is 50.5 Å². The highest BCUT2D eigenvalue weighted by atomic mass is 35.5. The number of halogens is 2. The average molecular weight is 401 g/mol. The number of hydrogen-bond acceptors (Lipinski definition) is 3. The van der Waals surface area contributed by atoms with E-state index in [1.165, 1.54) is 0 Å². The predicted octanol–water partition coefficient (Wildman–Crippen LogP) is 3.93. The molecular weight excluding hydrogens is 371 g/mol. The summed E-state index contributed by atoms with van der Waals surface area (Å²) in [6, 6.07) is 7.88. The molecule has 4 nitrogen and oxygen atoms in total. The third-order valence-electron chi connectivity index (χ3n) is 5.69. The van der Waals surface area contributed by atoms with Crippen LogP contribution < -0.4 is 5.73 Å². The zero-order valence-electron chi connectivity index (χ0n) is 15.3. The van der Waals surface area contributed by atoms with Gasteiger partial charge in [-0.1, -0.05) is 36.6 Å². The quantitative estimate of drug-likeness (QED) is 0.735. The first kappa shape index (κ1) is 21.5. The summed E-state index contributed by atoms with van der Waals surface area (Å²) in [5, 5.41) is 0.722. The van der Waals surface area contributed by atoms with E-state index in [-0.39, 0.29) is 23.9 Å². The minimum Gasteiger partial charge on any atom is -0.378 e. The number of carbonyl (C=O) groups excluding carboxylic acids is 1. The first-order valence-electron chi connectivity index (χ1n) is 9.53. The molecule has 2 N–H and O–H groups in total. The fourth-order valence-electron chi connectivity index (χ4n) is 4.24. The van der Waals surface area contributed by atoms with Gasteiger partial charge in [0.05, 0.1) is 11.5 Å². The topological polar surface area (TPSA) is 55.6 Å². The molecule has 1 saturated carbocycles. The number of rotatable bonds is 6. The van der Waals surface area contributed by atoms with Gasteiger partial charge in [-0.2, -0.15) is 0 Å². The summed E-state index contributed by atoms with van der Waals surface area (Å²) in [7, 11) is 0. The molecule has 3 rings (SSSR count). The first-order valence-corrected chi connectivity index (χ1v) is 9.90. The summed E-state index contributed by atoms with van der Waals surface area (Å²) >= 11 is 6.04. The van der Waals surface area contributed by atoms with Crippen LogP contribution >= 0.6 is 24.0 Å². The van der Waals surface area contributed by atoms with Crippen molar-refractivity contribution in [2.24, 2.45) is 5.73 Å². The van der Waals surface area contributed by atoms with Crippen LogP contribution in [0.4, 0.5) is 0 Å². The van der Waals surface area contributed by atoms with Crippen molar-refractivity contribution < 1.29 is 9.53 Å². The van der Waals surface area contributed by atoms with Gasteiger partial charge in [-0.05, 0) is 56.3 Å². The maximum Gasteiger partial charge on any atom is 0.233 e. The maximum atomic E-state index is 13.4. The molecule has 0 radical (unpaired) electrons. The highest BCUT2D eigenvalue weighted by molar-refractivity contribution is 6.30. The second kappa shape index (κ2) is 9.93. The number of benzene rings is 1. The number of hydrogen-bond donors (Lipinski definition) is 1. The minimum absolute atomic E-state index is 0. The van der Waals surface area contributed by atoms with Gasteiger partial charge >= 0.3 is 0 Å². The van der Waals surface area contributed by atoms with E-state index in [1.807, 2.05) is 24.3 Å². The Morgan fingerprint density at radius 1 is 1.19 bits per heavy atom. The van der Waals surface area contributed by atoms with Gasteiger partial charge in [0.2, 0.25) is 5.91 Å². The molecule has 0 atom stereocenters. The summed E-state index contributed by atoms with van der Waals surface area (Å²) in [6.07, 6.45) is 7.14. The Morgan fingerprint density at radius 2 is 1.81 bits per heavy atom. The lowest BCUT2D eigenvalue weighted by Crippen LogP contribution is -2.49. The van der Waals surface area contributed by atoms with Gasteiger partial charge in [-0.25, -0.2) is 0 Å². The molecule has 1 heterocycles. The fraction of sp³-hybridized carbons (Fsp3) is 0.650. The Morgan fingerprint density at radius 3 is 2.38 bits per heavy atom. The molecule has 0 unspecified atom stereocenters. The summed E-state index contributed by atoms with van der Waals surface area (Å²) < 4.78 is 5.87. The smallest absolute Gasteiger partial charge is 0.233 e. The largest absolute Gasteiger partial charge is 0.378 e. The van der Waals surface area contributed by atoms with E-state index < -0.39 is 0 Å². The molecular formula is C20H30Cl2N2O2. The lowest BCUT2D eigenvalue weighted by molar-refractivity contribution is -0.140. The standard InChI is InChI=1S/C20H29ClN2O2.ClH/c21-17-6-4-16(5-7-17)20(10-1-2-11-20)19(24)23-13-8-18(9-14-23)25-15-3-12-22;/h4-7,18H,1-3,8-15,22H2;1H. The lowest BCUT2D eigenvalue weighted by atomic mass is 9.77. The van der Waals surface area contributed by atoms with Crippen molar-refractivity contribution in [3.8, 4) is 0 Å². The molecule has 0 spiro atoms. The lowest BCUT2D eigenvalue weighted by Gasteiger charge is -2.38. The molecule has 1 aromatic rings. The Balaban J connectivity index is 0.00000243. The summed E-state index contributed by atoms with van der Waals surface area (Å²) in [5.74, 6) is 0.299. The van der Waals surface area contributed by atoms with E-state index in [2.05, 4.69) is 4.90 Å². The second-order valence-electron chi connectivity index (χ2n) is 7.30. The van der Waals surface area contributed by atoms with Crippen LogP contribution in [0.5, 0.6) is 0 Å². The van der Waals surface area contributed by atoms with Crippen LogP contribution in [0.25, 0.3) is 0 Å². The van der Waals surface area contributed by atoms with Crippen molar-refractivity contribution in [1.82, 2.24) is 4.90 Å². The SMILES string of the molecule is Cl.NCCCOC1CCN(C(=O)C2(c3ccc(Cl)cc3)CCCC2)CC1. The first-order chi connectivity index (χ1) is 12.2. The Labute approximate surface area is 167 Å². The molecule has 1 amide bonds. The number of piperidine rings is 1. The molecule has 146 valence electrons. The van der Waals surface area contributed by atoms with Crippen molar-refractivity contribution in [2.75, 3.05) is 26.2 Å². The molecule has 1 aliphatic carbocycles. The third kappa shape index (κ3) is 4.72. The zero-order valence-corrected chi connectivity index (χ0v) is 16.9. The molecule has 1 aromatic carbocycles. The Kier molecular flexibility index (Phi) is 8.21. The highest BCUT2D eigenvalue weighted by Crippen LogP contribution is 2.43. The molecule has 1 saturated heterocycles. The van der Waals surface area contributed by atoms with E-state index in [1.54, 1.807) is 0 Å². The van der Waals surface area contributed by atoms with Crippen molar-refractivity contribution in [1.29, 1.82) is 0 Å². The second-order valence-corrected chi connectivity index (χ2v) is 7.74. The number of carbonyl (C=O) groups is 1. The van der Waals surface area contributed by atoms with Crippen LogP contribution in [0.15, 0.2) is 24.3 Å². The van der Waals surface area contributed by atoms with Crippen molar-refractivity contribution in [3.63, 3.8) is 0 Å². The summed E-state index contributed by atoms with van der Waals surface area (Å²) in [6.45, 7) is 2.98. The third-order valence-corrected chi connectivity index (χ3v) is 5.95. The highest BCUT2D eigenvalue weighted by Gasteiger charge is 2.45. The van der Waals surface area contributed by atoms with E-state index in [0.29, 0.717) is 12.5 Å². The zero-order chi connectivity index (χ0) is 17.7. The van der Waals surface area contributed by atoms with Crippen molar-refractivity contribution >= 4 is 29.9 Å². The normalized spacial score (nSPS) is 20.0. The molecule has 1 aliphatic heterocycles. The number of nitrogens with zero attached hydrogens (tertiary/aromatic N) is 1. The number of nitrogens with two attached hydrogens (primary N) is 1. The Hall–Kier alpha value is -0.810. The van der Waals surface area contributed by atoms with Crippen LogP contribution in [0.2, 0.25) is 5.02 Å². The predicted molar refractivity (Wildman–Crippen MR) is 108 cm³/mol. The molecule has 0 aromatic heterocycles. The van der Waals surface area contributed by atoms with E-state index in [9.17, 15) is 4.79 Å². The van der Waals surface area contributed by atoms with Crippen LogP contribution in [-0.4, -0.2) is 43.2 Å². The number of likely N-dealkylation sites (tertiary alicyclic amines) is 1. The van der Waals surface area contributed by atoms with Gasteiger partial charge in [0, 0.05) is 24.7 Å². The maximum absolute atomic E-state index is 13.4. The van der Waals surface area contributed by atoms with E-state index in [0.717, 1.165) is 75.2 Å². The van der Waals surface area contributed by atoms with Gasteiger partial charge in [0.1, 0.15) is 0 Å². The number of ether oxygens (including phenoxy) is 1. The number of amides is 1. The minimum atomic E-state index is -0.349. The van der Waals surface area contributed by atoms with Crippen molar-refractivity contribution in [3.05, 3.63) is 34.9 Å². The average Bonchev–Trinajstić information content (AvgIpc) is 3.13. The monoisotopic (exact) mass is 400 g/mol. The molecule has 26 heavy (non-hydrogen) atoms. The van der Waals surface area contributed by atoms with Crippen LogP contribution in [-0.2, 0) is 14.9 Å². The van der Waals surface area contributed by atoms with Crippen molar-refractivity contribution in [2.45, 2.75) is 56.5 Å². The van der Waals surface area contributed by atoms with Gasteiger partial charge in [0.25, 0.3) is 0 Å². The molecule has 0 bridgehead atoms. The van der Waals surface area contributed by atoms with Gasteiger partial charge < -0.3 is 15.4 Å².